The Kier molecular flexibility index (Phi) is 6.46. The van der Waals surface area contributed by atoms with Crippen molar-refractivity contribution in [2.24, 2.45) is 0 Å². The molecule has 8 nitrogen and oxygen atoms in total. The highest BCUT2D eigenvalue weighted by atomic mass is 127. The third kappa shape index (κ3) is 4.75. The highest BCUT2D eigenvalue weighted by Crippen LogP contribution is 2.25. The Hall–Kier alpha value is -3.65. The van der Waals surface area contributed by atoms with Crippen LogP contribution in [0.4, 0.5) is 5.82 Å². The highest BCUT2D eigenvalue weighted by molar-refractivity contribution is 14.1. The molecule has 0 saturated heterocycles. The van der Waals surface area contributed by atoms with Crippen molar-refractivity contribution in [3.63, 3.8) is 0 Å². The van der Waals surface area contributed by atoms with Crippen molar-refractivity contribution in [3.05, 3.63) is 86.8 Å². The number of aryl methyl sites for hydroxylation is 1. The zero-order valence-corrected chi connectivity index (χ0v) is 20.2. The van der Waals surface area contributed by atoms with Gasteiger partial charge in [0.05, 0.1) is 38.6 Å². The van der Waals surface area contributed by atoms with Crippen molar-refractivity contribution in [2.75, 3.05) is 5.73 Å². The maximum absolute atomic E-state index is 13.7. The molecule has 0 aliphatic heterocycles. The molecule has 1 amide bonds. The number of pyridine rings is 2. The highest BCUT2D eigenvalue weighted by Gasteiger charge is 2.26. The molecule has 1 atom stereocenters. The van der Waals surface area contributed by atoms with Crippen molar-refractivity contribution >= 4 is 45.2 Å². The lowest BCUT2D eigenvalue weighted by Gasteiger charge is -2.28. The fourth-order valence-electron chi connectivity index (χ4n) is 3.51. The molecular formula is C24H20IN7O. The summed E-state index contributed by atoms with van der Waals surface area (Å²) in [5.74, 6) is 0.800. The zero-order chi connectivity index (χ0) is 23.5. The predicted octanol–water partition coefficient (Wildman–Crippen LogP) is 4.19. The monoisotopic (exact) mass is 549 g/mol. The number of hydrogen-bond donors (Lipinski definition) is 1. The number of amides is 1. The Balaban J connectivity index is 1.74. The molecule has 0 fully saturated rings. The molecule has 0 bridgehead atoms. The Morgan fingerprint density at radius 3 is 2.64 bits per heavy atom. The van der Waals surface area contributed by atoms with E-state index in [9.17, 15) is 10.1 Å². The number of nitrogen functional groups attached to an aromatic ring is 1. The number of anilines is 1. The molecule has 0 unspecified atom stereocenters. The SMILES string of the molecule is Cc1nc(CN(C(=O)c2ccc3nc(N)c(I)cc3c2)[C@H](C)c2ncccn2)ccc1C#N. The van der Waals surface area contributed by atoms with Crippen molar-refractivity contribution < 1.29 is 4.79 Å². The summed E-state index contributed by atoms with van der Waals surface area (Å²) in [7, 11) is 0. The first kappa shape index (κ1) is 22.5. The van der Waals surface area contributed by atoms with Crippen LogP contribution in [0.25, 0.3) is 10.9 Å². The third-order valence-electron chi connectivity index (χ3n) is 5.33. The van der Waals surface area contributed by atoms with Gasteiger partial charge in [0.25, 0.3) is 5.91 Å². The average Bonchev–Trinajstić information content (AvgIpc) is 2.83. The van der Waals surface area contributed by atoms with Gasteiger partial charge in [-0.1, -0.05) is 0 Å². The van der Waals surface area contributed by atoms with Crippen molar-refractivity contribution in [2.45, 2.75) is 26.4 Å². The molecule has 0 spiro atoms. The smallest absolute Gasteiger partial charge is 0.254 e. The molecule has 3 aromatic heterocycles. The van der Waals surface area contributed by atoms with Crippen LogP contribution in [-0.4, -0.2) is 30.7 Å². The minimum absolute atomic E-state index is 0.188. The van der Waals surface area contributed by atoms with E-state index in [0.29, 0.717) is 34.2 Å². The van der Waals surface area contributed by atoms with Crippen LogP contribution in [0, 0.1) is 21.8 Å². The number of fused-ring (bicyclic) bond motifs is 1. The second-order valence-electron chi connectivity index (χ2n) is 7.53. The van der Waals surface area contributed by atoms with Crippen molar-refractivity contribution in [1.82, 2.24) is 24.8 Å². The number of rotatable bonds is 5. The second-order valence-corrected chi connectivity index (χ2v) is 8.69. The van der Waals surface area contributed by atoms with E-state index in [1.807, 2.05) is 19.1 Å². The van der Waals surface area contributed by atoms with Gasteiger partial charge in [0.2, 0.25) is 0 Å². The van der Waals surface area contributed by atoms with Gasteiger partial charge in [0.1, 0.15) is 17.7 Å². The van der Waals surface area contributed by atoms with E-state index < -0.39 is 6.04 Å². The minimum atomic E-state index is -0.406. The van der Waals surface area contributed by atoms with Crippen LogP contribution in [-0.2, 0) is 6.54 Å². The van der Waals surface area contributed by atoms with E-state index in [4.69, 9.17) is 5.73 Å². The first-order valence-corrected chi connectivity index (χ1v) is 11.3. The molecule has 0 radical (unpaired) electrons. The number of benzene rings is 1. The van der Waals surface area contributed by atoms with Gasteiger partial charge in [-0.15, -0.1) is 0 Å². The number of nitrogens with zero attached hydrogens (tertiary/aromatic N) is 6. The molecule has 33 heavy (non-hydrogen) atoms. The molecule has 4 aromatic rings. The van der Waals surface area contributed by atoms with Gasteiger partial charge in [0.15, 0.2) is 0 Å². The number of hydrogen-bond acceptors (Lipinski definition) is 7. The minimum Gasteiger partial charge on any atom is -0.383 e. The lowest BCUT2D eigenvalue weighted by molar-refractivity contribution is 0.0663. The molecule has 0 aliphatic carbocycles. The molecule has 0 aliphatic rings. The molecule has 9 heteroatoms. The number of carbonyl (C=O) groups is 1. The van der Waals surface area contributed by atoms with E-state index in [1.54, 1.807) is 54.5 Å². The van der Waals surface area contributed by atoms with E-state index in [2.05, 4.69) is 48.6 Å². The van der Waals surface area contributed by atoms with Crippen LogP contribution < -0.4 is 5.73 Å². The topological polar surface area (TPSA) is 122 Å². The maximum Gasteiger partial charge on any atom is 0.254 e. The largest absolute Gasteiger partial charge is 0.383 e. The van der Waals surface area contributed by atoms with Gasteiger partial charge < -0.3 is 10.6 Å². The Labute approximate surface area is 204 Å². The molecule has 164 valence electrons. The summed E-state index contributed by atoms with van der Waals surface area (Å²) >= 11 is 2.13. The fraction of sp³-hybridized carbons (Fsp3) is 0.167. The summed E-state index contributed by atoms with van der Waals surface area (Å²) in [4.78, 5) is 33.0. The van der Waals surface area contributed by atoms with Crippen LogP contribution in [0.1, 0.15) is 46.1 Å². The normalized spacial score (nSPS) is 11.7. The number of aromatic nitrogens is 4. The third-order valence-corrected chi connectivity index (χ3v) is 6.19. The molecule has 4 rings (SSSR count). The summed E-state index contributed by atoms with van der Waals surface area (Å²) in [5.41, 5.74) is 8.95. The van der Waals surface area contributed by atoms with Crippen LogP contribution in [0.3, 0.4) is 0 Å². The molecule has 0 saturated carbocycles. The number of nitriles is 1. The summed E-state index contributed by atoms with van der Waals surface area (Å²) in [6.45, 7) is 3.90. The standard InChI is InChI=1S/C24H20IN7O/c1-14-17(12-26)4-6-19(30-14)13-32(15(2)23-28-8-3-9-29-23)24(33)16-5-7-21-18(10-16)11-20(25)22(27)31-21/h3-11,15H,13H2,1-2H3,(H2,27,31)/t15-/m1/s1. The number of carbonyl (C=O) groups excluding carboxylic acids is 1. The summed E-state index contributed by atoms with van der Waals surface area (Å²) < 4.78 is 0.824. The second kappa shape index (κ2) is 9.46. The van der Waals surface area contributed by atoms with E-state index in [1.165, 1.54) is 0 Å². The van der Waals surface area contributed by atoms with Crippen LogP contribution >= 0.6 is 22.6 Å². The average molecular weight is 549 g/mol. The predicted molar refractivity (Wildman–Crippen MR) is 133 cm³/mol. The Morgan fingerprint density at radius 2 is 1.94 bits per heavy atom. The lowest BCUT2D eigenvalue weighted by atomic mass is 10.1. The maximum atomic E-state index is 13.7. The van der Waals surface area contributed by atoms with Gasteiger partial charge in [-0.05, 0) is 78.9 Å². The summed E-state index contributed by atoms with van der Waals surface area (Å²) in [6, 6.07) is 14.2. The molecule has 2 N–H and O–H groups in total. The number of nitrogens with two attached hydrogens (primary N) is 1. The molecule has 3 heterocycles. The molecular weight excluding hydrogens is 529 g/mol. The van der Waals surface area contributed by atoms with Crippen LogP contribution in [0.15, 0.2) is 54.9 Å². The van der Waals surface area contributed by atoms with Gasteiger partial charge >= 0.3 is 0 Å². The van der Waals surface area contributed by atoms with E-state index in [0.717, 1.165) is 14.5 Å². The van der Waals surface area contributed by atoms with Crippen molar-refractivity contribution in [1.29, 1.82) is 5.26 Å². The Morgan fingerprint density at radius 1 is 1.18 bits per heavy atom. The first-order chi connectivity index (χ1) is 15.9. The van der Waals surface area contributed by atoms with Gasteiger partial charge in [0, 0.05) is 23.3 Å². The zero-order valence-electron chi connectivity index (χ0n) is 18.0. The molecule has 1 aromatic carbocycles. The quantitative estimate of drug-likeness (QED) is 0.371. The van der Waals surface area contributed by atoms with Crippen LogP contribution in [0.5, 0.6) is 0 Å². The van der Waals surface area contributed by atoms with Gasteiger partial charge in [-0.2, -0.15) is 5.26 Å². The van der Waals surface area contributed by atoms with E-state index >= 15 is 0 Å². The van der Waals surface area contributed by atoms with Gasteiger partial charge in [-0.3, -0.25) is 9.78 Å². The lowest BCUT2D eigenvalue weighted by Crippen LogP contribution is -2.34. The summed E-state index contributed by atoms with van der Waals surface area (Å²) in [6.07, 6.45) is 3.30. The van der Waals surface area contributed by atoms with E-state index in [-0.39, 0.29) is 12.5 Å². The van der Waals surface area contributed by atoms with Crippen molar-refractivity contribution in [3.8, 4) is 6.07 Å². The number of halogens is 1. The Bertz CT molecular complexity index is 1390. The fourth-order valence-corrected chi connectivity index (χ4v) is 3.96. The summed E-state index contributed by atoms with van der Waals surface area (Å²) in [5, 5.41) is 10.0. The van der Waals surface area contributed by atoms with Crippen LogP contribution in [0.2, 0.25) is 0 Å². The first-order valence-electron chi connectivity index (χ1n) is 10.2. The van der Waals surface area contributed by atoms with Gasteiger partial charge in [-0.25, -0.2) is 15.0 Å².